The van der Waals surface area contributed by atoms with Gasteiger partial charge in [-0.25, -0.2) is 4.98 Å². The van der Waals surface area contributed by atoms with Gasteiger partial charge < -0.3 is 4.90 Å². The maximum absolute atomic E-state index is 13.1. The lowest BCUT2D eigenvalue weighted by Gasteiger charge is -2.37. The van der Waals surface area contributed by atoms with Gasteiger partial charge >= 0.3 is 0 Å². The van der Waals surface area contributed by atoms with Gasteiger partial charge in [0.1, 0.15) is 5.69 Å². The molecule has 0 N–H and O–H groups in total. The van der Waals surface area contributed by atoms with E-state index in [4.69, 9.17) is 0 Å². The predicted octanol–water partition coefficient (Wildman–Crippen LogP) is 1.92. The standard InChI is InChI=1S/C15H20FN3O/c16-14-7-3-6-13(17-14)15(20)19-10-8-18(9-11-19)12-4-1-2-5-12/h3,6-7,12H,1-2,4-5,8-11H2. The average molecular weight is 277 g/mol. The summed E-state index contributed by atoms with van der Waals surface area (Å²) in [5, 5.41) is 0. The Morgan fingerprint density at radius 2 is 1.85 bits per heavy atom. The number of amides is 1. The Labute approximate surface area is 118 Å². The normalized spacial score (nSPS) is 21.4. The van der Waals surface area contributed by atoms with Crippen LogP contribution in [0.5, 0.6) is 0 Å². The summed E-state index contributed by atoms with van der Waals surface area (Å²) in [4.78, 5) is 20.2. The fourth-order valence-corrected chi connectivity index (χ4v) is 3.25. The Morgan fingerprint density at radius 3 is 2.50 bits per heavy atom. The summed E-state index contributed by atoms with van der Waals surface area (Å²) < 4.78 is 13.1. The monoisotopic (exact) mass is 277 g/mol. The van der Waals surface area contributed by atoms with Crippen molar-refractivity contribution in [2.24, 2.45) is 0 Å². The molecule has 1 aromatic rings. The number of hydrogen-bond acceptors (Lipinski definition) is 3. The van der Waals surface area contributed by atoms with E-state index in [2.05, 4.69) is 9.88 Å². The van der Waals surface area contributed by atoms with Gasteiger partial charge in [0.15, 0.2) is 0 Å². The third kappa shape index (κ3) is 2.82. The highest BCUT2D eigenvalue weighted by atomic mass is 19.1. The van der Waals surface area contributed by atoms with E-state index in [1.807, 2.05) is 0 Å². The number of carbonyl (C=O) groups excluding carboxylic acids is 1. The number of carbonyl (C=O) groups is 1. The van der Waals surface area contributed by atoms with Gasteiger partial charge in [-0.05, 0) is 25.0 Å². The number of pyridine rings is 1. The lowest BCUT2D eigenvalue weighted by Crippen LogP contribution is -2.51. The molecule has 2 heterocycles. The third-order valence-electron chi connectivity index (χ3n) is 4.38. The zero-order chi connectivity index (χ0) is 13.9. The van der Waals surface area contributed by atoms with Crippen LogP contribution in [0.3, 0.4) is 0 Å². The van der Waals surface area contributed by atoms with Gasteiger partial charge in [0.05, 0.1) is 0 Å². The zero-order valence-electron chi connectivity index (χ0n) is 11.6. The van der Waals surface area contributed by atoms with E-state index < -0.39 is 5.95 Å². The van der Waals surface area contributed by atoms with Crippen molar-refractivity contribution in [2.75, 3.05) is 26.2 Å². The fraction of sp³-hybridized carbons (Fsp3) is 0.600. The Kier molecular flexibility index (Phi) is 3.96. The lowest BCUT2D eigenvalue weighted by molar-refractivity contribution is 0.0567. The smallest absolute Gasteiger partial charge is 0.272 e. The minimum Gasteiger partial charge on any atom is -0.335 e. The number of hydrogen-bond donors (Lipinski definition) is 0. The van der Waals surface area contributed by atoms with Crippen LogP contribution in [0.2, 0.25) is 0 Å². The van der Waals surface area contributed by atoms with Crippen LogP contribution in [0.1, 0.15) is 36.2 Å². The predicted molar refractivity (Wildman–Crippen MR) is 73.9 cm³/mol. The second-order valence-electron chi connectivity index (χ2n) is 5.61. The van der Waals surface area contributed by atoms with E-state index >= 15 is 0 Å². The largest absolute Gasteiger partial charge is 0.335 e. The summed E-state index contributed by atoms with van der Waals surface area (Å²) >= 11 is 0. The van der Waals surface area contributed by atoms with Crippen molar-refractivity contribution in [3.63, 3.8) is 0 Å². The molecular weight excluding hydrogens is 257 g/mol. The van der Waals surface area contributed by atoms with E-state index in [-0.39, 0.29) is 11.6 Å². The summed E-state index contributed by atoms with van der Waals surface area (Å²) in [6.07, 6.45) is 5.24. The third-order valence-corrected chi connectivity index (χ3v) is 4.38. The molecule has 0 radical (unpaired) electrons. The van der Waals surface area contributed by atoms with Gasteiger partial charge in [-0.1, -0.05) is 18.9 Å². The highest BCUT2D eigenvalue weighted by Crippen LogP contribution is 2.24. The summed E-state index contributed by atoms with van der Waals surface area (Å²) in [5.41, 5.74) is 0.208. The summed E-state index contributed by atoms with van der Waals surface area (Å²) in [6, 6.07) is 5.08. The van der Waals surface area contributed by atoms with Crippen LogP contribution < -0.4 is 0 Å². The molecule has 2 fully saturated rings. The molecule has 2 aliphatic rings. The molecule has 5 heteroatoms. The van der Waals surface area contributed by atoms with Crippen LogP contribution in [0.15, 0.2) is 18.2 Å². The first kappa shape index (κ1) is 13.5. The first-order valence-corrected chi connectivity index (χ1v) is 7.40. The van der Waals surface area contributed by atoms with E-state index in [9.17, 15) is 9.18 Å². The minimum atomic E-state index is -0.597. The van der Waals surface area contributed by atoms with E-state index in [0.717, 1.165) is 13.1 Å². The fourth-order valence-electron chi connectivity index (χ4n) is 3.25. The molecule has 1 amide bonds. The zero-order valence-corrected chi connectivity index (χ0v) is 11.6. The number of halogens is 1. The van der Waals surface area contributed by atoms with Crippen molar-refractivity contribution in [1.29, 1.82) is 0 Å². The molecule has 3 rings (SSSR count). The van der Waals surface area contributed by atoms with E-state index in [1.165, 1.54) is 37.8 Å². The van der Waals surface area contributed by atoms with Crippen molar-refractivity contribution in [3.8, 4) is 0 Å². The highest BCUT2D eigenvalue weighted by molar-refractivity contribution is 5.92. The topological polar surface area (TPSA) is 36.4 Å². The van der Waals surface area contributed by atoms with Crippen molar-refractivity contribution in [3.05, 3.63) is 29.8 Å². The maximum atomic E-state index is 13.1. The lowest BCUT2D eigenvalue weighted by atomic mass is 10.1. The van der Waals surface area contributed by atoms with Gasteiger partial charge in [0.2, 0.25) is 5.95 Å². The average Bonchev–Trinajstić information content (AvgIpc) is 3.01. The molecule has 0 aromatic carbocycles. The molecule has 4 nitrogen and oxygen atoms in total. The first-order chi connectivity index (χ1) is 9.74. The molecule has 0 spiro atoms. The molecule has 1 aromatic heterocycles. The van der Waals surface area contributed by atoms with Crippen LogP contribution >= 0.6 is 0 Å². The van der Waals surface area contributed by atoms with Gasteiger partial charge in [-0.3, -0.25) is 9.69 Å². The Morgan fingerprint density at radius 1 is 1.15 bits per heavy atom. The highest BCUT2D eigenvalue weighted by Gasteiger charge is 2.28. The summed E-state index contributed by atoms with van der Waals surface area (Å²) in [7, 11) is 0. The molecule has 20 heavy (non-hydrogen) atoms. The van der Waals surface area contributed by atoms with Crippen molar-refractivity contribution in [1.82, 2.24) is 14.8 Å². The number of nitrogens with zero attached hydrogens (tertiary/aromatic N) is 3. The number of piperazine rings is 1. The SMILES string of the molecule is O=C(c1cccc(F)n1)N1CCN(C2CCCC2)CC1. The van der Waals surface area contributed by atoms with Gasteiger partial charge in [0, 0.05) is 32.2 Å². The van der Waals surface area contributed by atoms with Crippen LogP contribution in [0.4, 0.5) is 4.39 Å². The van der Waals surface area contributed by atoms with Gasteiger partial charge in [-0.2, -0.15) is 4.39 Å². The van der Waals surface area contributed by atoms with Crippen molar-refractivity contribution < 1.29 is 9.18 Å². The summed E-state index contributed by atoms with van der Waals surface area (Å²) in [5.74, 6) is -0.754. The quantitative estimate of drug-likeness (QED) is 0.775. The van der Waals surface area contributed by atoms with Gasteiger partial charge in [0.25, 0.3) is 5.91 Å². The van der Waals surface area contributed by atoms with Crippen LogP contribution in [0.25, 0.3) is 0 Å². The molecule has 0 bridgehead atoms. The molecule has 1 saturated carbocycles. The Bertz CT molecular complexity index is 480. The molecular formula is C15H20FN3O. The molecule has 1 saturated heterocycles. The van der Waals surface area contributed by atoms with Crippen LogP contribution in [0, 0.1) is 5.95 Å². The molecule has 1 aliphatic carbocycles. The van der Waals surface area contributed by atoms with E-state index in [0.29, 0.717) is 19.1 Å². The molecule has 0 unspecified atom stereocenters. The molecule has 1 aliphatic heterocycles. The number of rotatable bonds is 2. The Balaban J connectivity index is 1.58. The Hall–Kier alpha value is -1.49. The summed E-state index contributed by atoms with van der Waals surface area (Å²) in [6.45, 7) is 3.28. The second kappa shape index (κ2) is 5.87. The molecule has 0 atom stereocenters. The maximum Gasteiger partial charge on any atom is 0.272 e. The van der Waals surface area contributed by atoms with Crippen molar-refractivity contribution >= 4 is 5.91 Å². The van der Waals surface area contributed by atoms with Crippen LogP contribution in [-0.2, 0) is 0 Å². The van der Waals surface area contributed by atoms with Crippen molar-refractivity contribution in [2.45, 2.75) is 31.7 Å². The molecule has 108 valence electrons. The van der Waals surface area contributed by atoms with Crippen LogP contribution in [-0.4, -0.2) is 52.9 Å². The number of aromatic nitrogens is 1. The van der Waals surface area contributed by atoms with Gasteiger partial charge in [-0.15, -0.1) is 0 Å². The first-order valence-electron chi connectivity index (χ1n) is 7.40. The minimum absolute atomic E-state index is 0.157. The van der Waals surface area contributed by atoms with E-state index in [1.54, 1.807) is 11.0 Å². The second-order valence-corrected chi connectivity index (χ2v) is 5.61.